The van der Waals surface area contributed by atoms with Crippen LogP contribution in [0, 0.1) is 5.92 Å². The van der Waals surface area contributed by atoms with Crippen molar-refractivity contribution in [2.45, 2.75) is 6.42 Å². The highest BCUT2D eigenvalue weighted by atomic mass is 32.2. The average Bonchev–Trinajstić information content (AvgIpc) is 2.71. The van der Waals surface area contributed by atoms with Gasteiger partial charge in [0.1, 0.15) is 0 Å². The van der Waals surface area contributed by atoms with Crippen LogP contribution in [0.5, 0.6) is 0 Å². The third-order valence-electron chi connectivity index (χ3n) is 2.09. The summed E-state index contributed by atoms with van der Waals surface area (Å²) in [6, 6.07) is 0. The van der Waals surface area contributed by atoms with Crippen LogP contribution in [0.2, 0.25) is 0 Å². The van der Waals surface area contributed by atoms with E-state index >= 15 is 0 Å². The summed E-state index contributed by atoms with van der Waals surface area (Å²) >= 11 is 0. The van der Waals surface area contributed by atoms with Crippen LogP contribution < -0.4 is 0 Å². The van der Waals surface area contributed by atoms with Crippen molar-refractivity contribution in [3.8, 4) is 0 Å². The molecule has 1 atom stereocenters. The molecule has 0 spiro atoms. The van der Waals surface area contributed by atoms with Crippen LogP contribution >= 0.6 is 0 Å². The Morgan fingerprint density at radius 1 is 1.57 bits per heavy atom. The molecule has 0 bridgehead atoms. The lowest BCUT2D eigenvalue weighted by molar-refractivity contribution is 0.188. The van der Waals surface area contributed by atoms with Crippen molar-refractivity contribution in [1.82, 2.24) is 19.6 Å². The van der Waals surface area contributed by atoms with Crippen LogP contribution in [0.3, 0.4) is 0 Å². The van der Waals surface area contributed by atoms with E-state index in [-0.39, 0.29) is 11.7 Å². The molecule has 1 aromatic rings. The normalized spacial score (nSPS) is 22.7. The smallest absolute Gasteiger partial charge is 0.257 e. The van der Waals surface area contributed by atoms with Crippen LogP contribution in [0.1, 0.15) is 6.42 Å². The highest BCUT2D eigenvalue weighted by Gasteiger charge is 2.25. The number of hydrogen-bond acceptors (Lipinski definition) is 6. The Morgan fingerprint density at radius 2 is 2.43 bits per heavy atom. The van der Waals surface area contributed by atoms with Crippen LogP contribution in [0.15, 0.2) is 6.33 Å². The van der Waals surface area contributed by atoms with Gasteiger partial charge in [0.05, 0.1) is 12.4 Å². The van der Waals surface area contributed by atoms with Gasteiger partial charge in [-0.25, -0.2) is 8.42 Å². The Balaban J connectivity index is 2.09. The molecule has 0 amide bonds. The fourth-order valence-electron chi connectivity index (χ4n) is 1.37. The van der Waals surface area contributed by atoms with Gasteiger partial charge in [-0.1, -0.05) is 0 Å². The van der Waals surface area contributed by atoms with Gasteiger partial charge < -0.3 is 4.74 Å². The average molecular weight is 218 g/mol. The summed E-state index contributed by atoms with van der Waals surface area (Å²) in [4.78, 5) is 0. The van der Waals surface area contributed by atoms with Crippen molar-refractivity contribution in [1.29, 1.82) is 0 Å². The molecule has 14 heavy (non-hydrogen) atoms. The fourth-order valence-corrected chi connectivity index (χ4v) is 2.71. The number of tetrazole rings is 1. The molecule has 1 fully saturated rings. The second kappa shape index (κ2) is 3.62. The molecule has 1 saturated heterocycles. The second-order valence-electron chi connectivity index (χ2n) is 3.19. The van der Waals surface area contributed by atoms with Gasteiger partial charge in [-0.15, -0.1) is 9.19 Å². The first-order chi connectivity index (χ1) is 6.68. The third kappa shape index (κ3) is 1.90. The van der Waals surface area contributed by atoms with Crippen molar-refractivity contribution < 1.29 is 13.2 Å². The van der Waals surface area contributed by atoms with E-state index in [0.717, 1.165) is 16.8 Å². The molecule has 2 rings (SSSR count). The maximum atomic E-state index is 11.6. The largest absolute Gasteiger partial charge is 0.381 e. The maximum Gasteiger partial charge on any atom is 0.257 e. The molecule has 0 saturated carbocycles. The zero-order valence-electron chi connectivity index (χ0n) is 7.40. The predicted molar refractivity (Wildman–Crippen MR) is 45.9 cm³/mol. The van der Waals surface area contributed by atoms with E-state index in [4.69, 9.17) is 4.74 Å². The molecule has 0 N–H and O–H groups in total. The van der Waals surface area contributed by atoms with Crippen LogP contribution in [-0.4, -0.2) is 47.0 Å². The molecule has 78 valence electrons. The van der Waals surface area contributed by atoms with Crippen molar-refractivity contribution >= 4 is 10.0 Å². The molecule has 7 nitrogen and oxygen atoms in total. The fraction of sp³-hybridized carbons (Fsp3) is 0.833. The molecular weight excluding hydrogens is 208 g/mol. The molecule has 2 heterocycles. The minimum atomic E-state index is -3.40. The van der Waals surface area contributed by atoms with Crippen molar-refractivity contribution in [3.63, 3.8) is 0 Å². The predicted octanol–water partition coefficient (Wildman–Crippen LogP) is -1.11. The van der Waals surface area contributed by atoms with Gasteiger partial charge in [-0.3, -0.25) is 0 Å². The summed E-state index contributed by atoms with van der Waals surface area (Å²) in [5.41, 5.74) is 0. The van der Waals surface area contributed by atoms with E-state index in [1.165, 1.54) is 0 Å². The first-order valence-electron chi connectivity index (χ1n) is 4.22. The van der Waals surface area contributed by atoms with Crippen molar-refractivity contribution in [2.75, 3.05) is 19.0 Å². The molecule has 0 aliphatic carbocycles. The Bertz CT molecular complexity index is 381. The van der Waals surface area contributed by atoms with Gasteiger partial charge in [0, 0.05) is 12.5 Å². The number of nitrogens with zero attached hydrogens (tertiary/aromatic N) is 4. The molecule has 1 aliphatic rings. The Labute approximate surface area is 81.1 Å². The standard InChI is InChI=1S/C6H10N4O3S/c11-14(12,10-5-7-8-9-10)4-6-1-2-13-3-6/h5-6H,1-4H2. The highest BCUT2D eigenvalue weighted by Crippen LogP contribution is 2.14. The van der Waals surface area contributed by atoms with E-state index in [1.807, 2.05) is 0 Å². The summed E-state index contributed by atoms with van der Waals surface area (Å²) in [7, 11) is -3.40. The maximum absolute atomic E-state index is 11.6. The van der Waals surface area contributed by atoms with Gasteiger partial charge in [0.2, 0.25) is 0 Å². The molecule has 1 aromatic heterocycles. The van der Waals surface area contributed by atoms with Crippen molar-refractivity contribution in [2.24, 2.45) is 5.92 Å². The Kier molecular flexibility index (Phi) is 2.46. The van der Waals surface area contributed by atoms with E-state index in [0.29, 0.717) is 13.2 Å². The second-order valence-corrected chi connectivity index (χ2v) is 5.06. The van der Waals surface area contributed by atoms with Crippen LogP contribution in [0.4, 0.5) is 0 Å². The monoisotopic (exact) mass is 218 g/mol. The summed E-state index contributed by atoms with van der Waals surface area (Å²) in [5, 5.41) is 9.93. The molecule has 1 unspecified atom stereocenters. The summed E-state index contributed by atoms with van der Waals surface area (Å²) in [5.74, 6) is 0.0992. The Hall–Kier alpha value is -1.02. The van der Waals surface area contributed by atoms with Gasteiger partial charge in [-0.05, 0) is 16.8 Å². The molecule has 1 aliphatic heterocycles. The third-order valence-corrected chi connectivity index (χ3v) is 3.72. The lowest BCUT2D eigenvalue weighted by atomic mass is 10.2. The lowest BCUT2D eigenvalue weighted by Gasteiger charge is -2.06. The van der Waals surface area contributed by atoms with E-state index in [9.17, 15) is 8.42 Å². The summed E-state index contributed by atoms with van der Waals surface area (Å²) in [6.45, 7) is 1.14. The topological polar surface area (TPSA) is 87.0 Å². The van der Waals surface area contributed by atoms with Gasteiger partial charge in [0.25, 0.3) is 10.0 Å². The summed E-state index contributed by atoms with van der Waals surface area (Å²) < 4.78 is 29.1. The number of hydrogen-bond donors (Lipinski definition) is 0. The van der Waals surface area contributed by atoms with Crippen LogP contribution in [-0.2, 0) is 14.8 Å². The van der Waals surface area contributed by atoms with Gasteiger partial charge in [-0.2, -0.15) is 0 Å². The number of rotatable bonds is 3. The van der Waals surface area contributed by atoms with Gasteiger partial charge in [0.15, 0.2) is 6.33 Å². The SMILES string of the molecule is O=S(=O)(CC1CCOC1)n1cnnn1. The molecule has 0 radical (unpaired) electrons. The van der Waals surface area contributed by atoms with Crippen molar-refractivity contribution in [3.05, 3.63) is 6.33 Å². The molecule has 8 heteroatoms. The minimum absolute atomic E-state index is 0.0397. The van der Waals surface area contributed by atoms with Crippen LogP contribution in [0.25, 0.3) is 0 Å². The van der Waals surface area contributed by atoms with E-state index < -0.39 is 10.0 Å². The first-order valence-corrected chi connectivity index (χ1v) is 5.83. The lowest BCUT2D eigenvalue weighted by Crippen LogP contribution is -2.23. The Morgan fingerprint density at radius 3 is 3.00 bits per heavy atom. The number of ether oxygens (including phenoxy) is 1. The van der Waals surface area contributed by atoms with E-state index in [2.05, 4.69) is 15.5 Å². The summed E-state index contributed by atoms with van der Waals surface area (Å²) in [6.07, 6.45) is 1.87. The zero-order chi connectivity index (χ0) is 10.0. The van der Waals surface area contributed by atoms with Gasteiger partial charge >= 0.3 is 0 Å². The first kappa shape index (κ1) is 9.53. The molecular formula is C6H10N4O3S. The minimum Gasteiger partial charge on any atom is -0.381 e. The number of aromatic nitrogens is 4. The van der Waals surface area contributed by atoms with E-state index in [1.54, 1.807) is 0 Å². The zero-order valence-corrected chi connectivity index (χ0v) is 8.22. The molecule has 0 aromatic carbocycles. The highest BCUT2D eigenvalue weighted by molar-refractivity contribution is 7.89. The quantitative estimate of drug-likeness (QED) is 0.639.